The molecule has 0 saturated heterocycles. The average molecular weight is 312 g/mol. The van der Waals surface area contributed by atoms with Gasteiger partial charge in [0.05, 0.1) is 16.3 Å². The van der Waals surface area contributed by atoms with E-state index in [0.29, 0.717) is 0 Å². The molecule has 1 aromatic rings. The van der Waals surface area contributed by atoms with Crippen LogP contribution < -0.4 is 5.32 Å². The maximum absolute atomic E-state index is 11.8. The van der Waals surface area contributed by atoms with Gasteiger partial charge in [0, 0.05) is 0 Å². The number of rotatable bonds is 5. The van der Waals surface area contributed by atoms with Crippen molar-refractivity contribution < 1.29 is 32.6 Å². The number of alkyl halides is 3. The van der Waals surface area contributed by atoms with Gasteiger partial charge < -0.3 is 15.2 Å². The Morgan fingerprint density at radius 2 is 2.00 bits per heavy atom. The fraction of sp³-hybridized carbons (Fsp3) is 0.273. The summed E-state index contributed by atoms with van der Waals surface area (Å²) in [5.74, 6) is -2.27. The first-order chi connectivity index (χ1) is 9.20. The van der Waals surface area contributed by atoms with Gasteiger partial charge in [-0.1, -0.05) is 17.7 Å². The standard InChI is InChI=1S/C11H9ClF3NO4/c12-7-3-1-2-6(10(18)19)9(7)16-8(17)4-20-5-11(13,14)15/h1-3H,4-5H2,(H,16,17)(H,18,19). The van der Waals surface area contributed by atoms with E-state index in [-0.39, 0.29) is 16.3 Å². The molecule has 1 rings (SSSR count). The van der Waals surface area contributed by atoms with Crippen molar-refractivity contribution in [2.24, 2.45) is 0 Å². The third-order valence-electron chi connectivity index (χ3n) is 2.01. The molecule has 2 N–H and O–H groups in total. The Bertz CT molecular complexity index is 519. The van der Waals surface area contributed by atoms with Crippen LogP contribution in [0.15, 0.2) is 18.2 Å². The summed E-state index contributed by atoms with van der Waals surface area (Å²) in [5.41, 5.74) is -0.469. The van der Waals surface area contributed by atoms with Gasteiger partial charge in [0.2, 0.25) is 5.91 Å². The Balaban J connectivity index is 2.69. The van der Waals surface area contributed by atoms with E-state index >= 15 is 0 Å². The van der Waals surface area contributed by atoms with E-state index in [9.17, 15) is 22.8 Å². The number of halogens is 4. The van der Waals surface area contributed by atoms with Crippen LogP contribution in [0.3, 0.4) is 0 Å². The molecule has 1 aromatic carbocycles. The maximum Gasteiger partial charge on any atom is 0.411 e. The first-order valence-electron chi connectivity index (χ1n) is 5.17. The molecule has 0 aromatic heterocycles. The smallest absolute Gasteiger partial charge is 0.411 e. The third kappa shape index (κ3) is 5.06. The van der Waals surface area contributed by atoms with Gasteiger partial charge in [-0.05, 0) is 12.1 Å². The van der Waals surface area contributed by atoms with E-state index in [1.165, 1.54) is 18.2 Å². The van der Waals surface area contributed by atoms with Gasteiger partial charge >= 0.3 is 12.1 Å². The zero-order valence-electron chi connectivity index (χ0n) is 9.83. The van der Waals surface area contributed by atoms with Crippen LogP contribution in [0.1, 0.15) is 10.4 Å². The number of ether oxygens (including phenoxy) is 1. The van der Waals surface area contributed by atoms with Crippen molar-refractivity contribution in [3.05, 3.63) is 28.8 Å². The minimum Gasteiger partial charge on any atom is -0.478 e. The zero-order chi connectivity index (χ0) is 15.3. The average Bonchev–Trinajstić information content (AvgIpc) is 2.29. The lowest BCUT2D eigenvalue weighted by atomic mass is 10.2. The molecular formula is C11H9ClF3NO4. The summed E-state index contributed by atoms with van der Waals surface area (Å²) in [6, 6.07) is 3.89. The van der Waals surface area contributed by atoms with Crippen molar-refractivity contribution in [3.8, 4) is 0 Å². The Morgan fingerprint density at radius 1 is 1.35 bits per heavy atom. The summed E-state index contributed by atoms with van der Waals surface area (Å²) >= 11 is 5.73. The summed E-state index contributed by atoms with van der Waals surface area (Å²) in [6.07, 6.45) is -4.54. The van der Waals surface area contributed by atoms with Crippen molar-refractivity contribution >= 4 is 29.2 Å². The Kier molecular flexibility index (Phi) is 5.34. The largest absolute Gasteiger partial charge is 0.478 e. The fourth-order valence-electron chi connectivity index (χ4n) is 1.26. The lowest BCUT2D eigenvalue weighted by Crippen LogP contribution is -2.24. The van der Waals surface area contributed by atoms with E-state index in [0.717, 1.165) is 0 Å². The molecule has 9 heteroatoms. The van der Waals surface area contributed by atoms with Crippen LogP contribution in [-0.2, 0) is 9.53 Å². The monoisotopic (exact) mass is 311 g/mol. The number of hydrogen-bond acceptors (Lipinski definition) is 3. The van der Waals surface area contributed by atoms with Gasteiger partial charge in [-0.2, -0.15) is 13.2 Å². The Hall–Kier alpha value is -1.80. The summed E-state index contributed by atoms with van der Waals surface area (Å²) in [6.45, 7) is -2.45. The van der Waals surface area contributed by atoms with Crippen LogP contribution >= 0.6 is 11.6 Å². The van der Waals surface area contributed by atoms with E-state index in [4.69, 9.17) is 16.7 Å². The number of hydrogen-bond donors (Lipinski definition) is 2. The lowest BCUT2D eigenvalue weighted by molar-refractivity contribution is -0.174. The van der Waals surface area contributed by atoms with Gasteiger partial charge in [0.25, 0.3) is 0 Å². The first kappa shape index (κ1) is 16.3. The lowest BCUT2D eigenvalue weighted by Gasteiger charge is -2.11. The number of para-hydroxylation sites is 1. The molecule has 110 valence electrons. The molecule has 0 heterocycles. The highest BCUT2D eigenvalue weighted by Gasteiger charge is 2.28. The molecule has 1 amide bonds. The number of nitrogens with one attached hydrogen (secondary N) is 1. The molecule has 0 fully saturated rings. The number of carboxylic acid groups (broad SMARTS) is 1. The van der Waals surface area contributed by atoms with Crippen molar-refractivity contribution in [1.29, 1.82) is 0 Å². The number of carbonyl (C=O) groups is 2. The van der Waals surface area contributed by atoms with E-state index < -0.39 is 31.3 Å². The van der Waals surface area contributed by atoms with E-state index in [1.807, 2.05) is 0 Å². The zero-order valence-corrected chi connectivity index (χ0v) is 10.6. The summed E-state index contributed by atoms with van der Waals surface area (Å²) in [4.78, 5) is 22.3. The van der Waals surface area contributed by atoms with Crippen LogP contribution in [0.2, 0.25) is 5.02 Å². The SMILES string of the molecule is O=C(COCC(F)(F)F)Nc1c(Cl)cccc1C(=O)O. The maximum atomic E-state index is 11.8. The predicted octanol–water partition coefficient (Wildman–Crippen LogP) is 2.56. The quantitative estimate of drug-likeness (QED) is 0.876. The molecule has 0 aliphatic heterocycles. The minimum absolute atomic E-state index is 0.0472. The van der Waals surface area contributed by atoms with Gasteiger partial charge in [0.1, 0.15) is 13.2 Å². The molecule has 0 bridgehead atoms. The second kappa shape index (κ2) is 6.58. The number of aromatic carboxylic acids is 1. The predicted molar refractivity (Wildman–Crippen MR) is 63.9 cm³/mol. The van der Waals surface area contributed by atoms with E-state index in [2.05, 4.69) is 10.1 Å². The van der Waals surface area contributed by atoms with E-state index in [1.54, 1.807) is 0 Å². The molecule has 0 aliphatic rings. The van der Waals surface area contributed by atoms with Crippen LogP contribution in [0.4, 0.5) is 18.9 Å². The normalized spacial score (nSPS) is 11.2. The molecule has 0 atom stereocenters. The Morgan fingerprint density at radius 3 is 2.55 bits per heavy atom. The molecular weight excluding hydrogens is 303 g/mol. The van der Waals surface area contributed by atoms with Crippen molar-refractivity contribution in [2.45, 2.75) is 6.18 Å². The molecule has 0 radical (unpaired) electrons. The van der Waals surface area contributed by atoms with Crippen LogP contribution in [0.25, 0.3) is 0 Å². The van der Waals surface area contributed by atoms with Gasteiger partial charge in [-0.15, -0.1) is 0 Å². The van der Waals surface area contributed by atoms with Gasteiger partial charge in [0.15, 0.2) is 0 Å². The van der Waals surface area contributed by atoms with Crippen molar-refractivity contribution in [2.75, 3.05) is 18.5 Å². The second-order valence-electron chi connectivity index (χ2n) is 3.62. The molecule has 0 aliphatic carbocycles. The van der Waals surface area contributed by atoms with Crippen LogP contribution in [-0.4, -0.2) is 36.4 Å². The minimum atomic E-state index is -4.54. The third-order valence-corrected chi connectivity index (χ3v) is 2.32. The Labute approximate surface area is 116 Å². The van der Waals surface area contributed by atoms with Gasteiger partial charge in [-0.25, -0.2) is 4.79 Å². The fourth-order valence-corrected chi connectivity index (χ4v) is 1.49. The van der Waals surface area contributed by atoms with Gasteiger partial charge in [-0.3, -0.25) is 4.79 Å². The first-order valence-corrected chi connectivity index (χ1v) is 5.54. The molecule has 0 spiro atoms. The second-order valence-corrected chi connectivity index (χ2v) is 4.03. The number of benzene rings is 1. The van der Waals surface area contributed by atoms with Crippen molar-refractivity contribution in [1.82, 2.24) is 0 Å². The number of carboxylic acids is 1. The highest BCUT2D eigenvalue weighted by molar-refractivity contribution is 6.34. The van der Waals surface area contributed by atoms with Crippen LogP contribution in [0.5, 0.6) is 0 Å². The molecule has 0 saturated carbocycles. The summed E-state index contributed by atoms with van der Waals surface area (Å²) < 4.78 is 39.6. The molecule has 0 unspecified atom stereocenters. The highest BCUT2D eigenvalue weighted by atomic mass is 35.5. The molecule has 5 nitrogen and oxygen atoms in total. The van der Waals surface area contributed by atoms with Crippen LogP contribution in [0, 0.1) is 0 Å². The summed E-state index contributed by atoms with van der Waals surface area (Å²) in [5, 5.41) is 11.0. The molecule has 20 heavy (non-hydrogen) atoms. The van der Waals surface area contributed by atoms with Crippen molar-refractivity contribution in [3.63, 3.8) is 0 Å². The highest BCUT2D eigenvalue weighted by Crippen LogP contribution is 2.26. The number of amides is 1. The summed E-state index contributed by atoms with van der Waals surface area (Å²) in [7, 11) is 0. The number of anilines is 1. The number of carbonyl (C=O) groups excluding carboxylic acids is 1. The topological polar surface area (TPSA) is 75.6 Å².